The second-order valence-electron chi connectivity index (χ2n) is 6.97. The van der Waals surface area contributed by atoms with Crippen molar-refractivity contribution in [2.24, 2.45) is 4.99 Å². The first kappa shape index (κ1) is 20.7. The van der Waals surface area contributed by atoms with E-state index in [4.69, 9.17) is 0 Å². The number of rotatable bonds is 4. The lowest BCUT2D eigenvalue weighted by Gasteiger charge is -2.26. The summed E-state index contributed by atoms with van der Waals surface area (Å²) >= 11 is 3.25. The average molecular weight is 459 g/mol. The van der Waals surface area contributed by atoms with Gasteiger partial charge in [0.05, 0.1) is 16.2 Å². The van der Waals surface area contributed by atoms with Gasteiger partial charge < -0.3 is 5.11 Å². The lowest BCUT2D eigenvalue weighted by molar-refractivity contribution is -0.384. The molecule has 1 aromatic carbocycles. The lowest BCUT2D eigenvalue weighted by Crippen LogP contribution is -2.30. The molecule has 0 bridgehead atoms. The predicted octanol–water partition coefficient (Wildman–Crippen LogP) is 4.66. The number of aliphatic imine (C=N–C) groups is 1. The van der Waals surface area contributed by atoms with Gasteiger partial charge >= 0.3 is 0 Å². The molecule has 29 heavy (non-hydrogen) atoms. The number of nitrogens with zero attached hydrogens (tertiary/aromatic N) is 4. The summed E-state index contributed by atoms with van der Waals surface area (Å²) in [5, 5.41) is 31.2. The number of hydrogen-bond acceptors (Lipinski definition) is 6. The van der Waals surface area contributed by atoms with Gasteiger partial charge in [0.2, 0.25) is 5.88 Å². The number of nitro groups is 1. The second-order valence-corrected chi connectivity index (χ2v) is 7.82. The third kappa shape index (κ3) is 4.07. The summed E-state index contributed by atoms with van der Waals surface area (Å²) in [4.78, 5) is 27.5. The molecule has 3 rings (SSSR count). The van der Waals surface area contributed by atoms with Gasteiger partial charge in [-0.3, -0.25) is 24.5 Å². The Labute approximate surface area is 175 Å². The van der Waals surface area contributed by atoms with E-state index < -0.39 is 10.5 Å². The van der Waals surface area contributed by atoms with Gasteiger partial charge in [-0.05, 0) is 47.3 Å². The largest absolute Gasteiger partial charge is 0.494 e. The molecule has 1 aliphatic rings. The normalized spacial score (nSPS) is 14.8. The number of halogens is 1. The van der Waals surface area contributed by atoms with Gasteiger partial charge in [0.25, 0.3) is 11.2 Å². The number of benzene rings is 1. The summed E-state index contributed by atoms with van der Waals surface area (Å²) in [5.74, 6) is -0.208. The average Bonchev–Trinajstić information content (AvgIpc) is 2.70. The summed E-state index contributed by atoms with van der Waals surface area (Å²) in [6.45, 7) is 1.59. The fourth-order valence-electron chi connectivity index (χ4n) is 3.62. The minimum absolute atomic E-state index is 0.0161. The van der Waals surface area contributed by atoms with Crippen LogP contribution in [0.25, 0.3) is 0 Å². The molecule has 0 spiro atoms. The van der Waals surface area contributed by atoms with Gasteiger partial charge in [0, 0.05) is 28.9 Å². The van der Waals surface area contributed by atoms with Gasteiger partial charge in [0.15, 0.2) is 0 Å². The Balaban J connectivity index is 2.09. The van der Waals surface area contributed by atoms with E-state index in [2.05, 4.69) is 20.9 Å². The quantitative estimate of drug-likeness (QED) is 0.405. The van der Waals surface area contributed by atoms with Crippen molar-refractivity contribution >= 4 is 33.5 Å². The fourth-order valence-corrected chi connectivity index (χ4v) is 4.09. The summed E-state index contributed by atoms with van der Waals surface area (Å²) < 4.78 is 1.73. The van der Waals surface area contributed by atoms with E-state index in [1.165, 1.54) is 29.0 Å². The number of hydrogen-bond donors (Lipinski definition) is 1. The van der Waals surface area contributed by atoms with Crippen molar-refractivity contribution in [3.8, 4) is 11.9 Å². The highest BCUT2D eigenvalue weighted by atomic mass is 79.9. The van der Waals surface area contributed by atoms with E-state index >= 15 is 0 Å². The molecule has 0 radical (unpaired) electrons. The molecule has 1 fully saturated rings. The number of non-ortho nitro benzene ring substituents is 1. The predicted molar refractivity (Wildman–Crippen MR) is 112 cm³/mol. The number of nitro benzene ring substituents is 1. The summed E-state index contributed by atoms with van der Waals surface area (Å²) in [6, 6.07) is 5.94. The van der Waals surface area contributed by atoms with E-state index in [-0.39, 0.29) is 28.7 Å². The van der Waals surface area contributed by atoms with Crippen molar-refractivity contribution in [2.45, 2.75) is 45.1 Å². The summed E-state index contributed by atoms with van der Waals surface area (Å²) in [7, 11) is 0. The van der Waals surface area contributed by atoms with Crippen molar-refractivity contribution in [2.75, 3.05) is 0 Å². The van der Waals surface area contributed by atoms with Crippen molar-refractivity contribution in [3.05, 3.63) is 59.8 Å². The van der Waals surface area contributed by atoms with Crippen LogP contribution in [0.15, 0.2) is 32.5 Å². The molecule has 1 aromatic heterocycles. The molecule has 1 saturated carbocycles. The molecule has 0 atom stereocenters. The van der Waals surface area contributed by atoms with Gasteiger partial charge in [-0.15, -0.1) is 0 Å². The van der Waals surface area contributed by atoms with Crippen molar-refractivity contribution in [1.29, 1.82) is 5.26 Å². The Morgan fingerprint density at radius 3 is 2.66 bits per heavy atom. The molecule has 0 aliphatic heterocycles. The number of aromatic nitrogens is 1. The Bertz CT molecular complexity index is 1100. The highest BCUT2D eigenvalue weighted by Gasteiger charge is 2.24. The third-order valence-corrected chi connectivity index (χ3v) is 5.84. The maximum atomic E-state index is 12.8. The molecule has 150 valence electrons. The zero-order valence-corrected chi connectivity index (χ0v) is 17.3. The van der Waals surface area contributed by atoms with Crippen LogP contribution in [0.4, 0.5) is 11.4 Å². The number of nitriles is 1. The van der Waals surface area contributed by atoms with Crippen molar-refractivity contribution in [3.63, 3.8) is 0 Å². The molecular formula is C20H19BrN4O4. The molecule has 0 amide bonds. The zero-order valence-electron chi connectivity index (χ0n) is 15.8. The maximum Gasteiger partial charge on any atom is 0.271 e. The maximum absolute atomic E-state index is 12.8. The topological polar surface area (TPSA) is 122 Å². The van der Waals surface area contributed by atoms with Crippen LogP contribution in [0.3, 0.4) is 0 Å². The summed E-state index contributed by atoms with van der Waals surface area (Å²) in [5.41, 5.74) is 0.484. The molecule has 8 nitrogen and oxygen atoms in total. The summed E-state index contributed by atoms with van der Waals surface area (Å²) in [6.07, 6.45) is 5.94. The van der Waals surface area contributed by atoms with E-state index in [1.54, 1.807) is 6.92 Å². The second kappa shape index (κ2) is 8.57. The standard InChI is InChI=1S/C20H19BrN4O4/c1-12-15(10-22)19(26)24(13-5-3-2-4-6-13)20(27)16(12)11-23-18-8-7-14(25(28)29)9-17(18)21/h7-9,11,13,27H,2-6H2,1H3. The Morgan fingerprint density at radius 2 is 2.07 bits per heavy atom. The Morgan fingerprint density at radius 1 is 1.38 bits per heavy atom. The zero-order chi connectivity index (χ0) is 21.1. The van der Waals surface area contributed by atoms with Crippen LogP contribution >= 0.6 is 15.9 Å². The molecule has 0 unspecified atom stereocenters. The Hall–Kier alpha value is -2.99. The van der Waals surface area contributed by atoms with Crippen LogP contribution in [0.5, 0.6) is 5.88 Å². The van der Waals surface area contributed by atoms with E-state index in [0.29, 0.717) is 15.7 Å². The monoisotopic (exact) mass is 458 g/mol. The highest BCUT2D eigenvalue weighted by molar-refractivity contribution is 9.10. The van der Waals surface area contributed by atoms with Crippen molar-refractivity contribution < 1.29 is 10.0 Å². The highest BCUT2D eigenvalue weighted by Crippen LogP contribution is 2.33. The SMILES string of the molecule is Cc1c(C=Nc2ccc([N+](=O)[O-])cc2Br)c(O)n(C2CCCCC2)c(=O)c1C#N. The molecule has 9 heteroatoms. The molecule has 1 N–H and O–H groups in total. The molecule has 1 aliphatic carbocycles. The molecule has 2 aromatic rings. The van der Waals surface area contributed by atoms with Gasteiger partial charge in [0.1, 0.15) is 11.6 Å². The van der Waals surface area contributed by atoms with E-state index in [0.717, 1.165) is 32.1 Å². The van der Waals surface area contributed by atoms with E-state index in [1.807, 2.05) is 6.07 Å². The van der Waals surface area contributed by atoms with Crippen LogP contribution in [0, 0.1) is 28.4 Å². The van der Waals surface area contributed by atoms with Gasteiger partial charge in [-0.1, -0.05) is 19.3 Å². The van der Waals surface area contributed by atoms with Crippen LogP contribution in [-0.4, -0.2) is 20.8 Å². The Kier molecular flexibility index (Phi) is 6.13. The third-order valence-electron chi connectivity index (χ3n) is 5.21. The number of aromatic hydroxyl groups is 1. The van der Waals surface area contributed by atoms with Gasteiger partial charge in [-0.2, -0.15) is 5.26 Å². The molecule has 1 heterocycles. The van der Waals surface area contributed by atoms with Crippen LogP contribution < -0.4 is 5.56 Å². The minimum atomic E-state index is -0.506. The smallest absolute Gasteiger partial charge is 0.271 e. The molecule has 0 saturated heterocycles. The first-order valence-electron chi connectivity index (χ1n) is 9.21. The van der Waals surface area contributed by atoms with Crippen LogP contribution in [-0.2, 0) is 0 Å². The van der Waals surface area contributed by atoms with E-state index in [9.17, 15) is 25.3 Å². The van der Waals surface area contributed by atoms with Gasteiger partial charge in [-0.25, -0.2) is 0 Å². The fraction of sp³-hybridized carbons (Fsp3) is 0.350. The van der Waals surface area contributed by atoms with Crippen LogP contribution in [0.2, 0.25) is 0 Å². The van der Waals surface area contributed by atoms with Crippen molar-refractivity contribution in [1.82, 2.24) is 4.57 Å². The minimum Gasteiger partial charge on any atom is -0.494 e. The lowest BCUT2D eigenvalue weighted by atomic mass is 9.94. The molecular weight excluding hydrogens is 440 g/mol. The first-order chi connectivity index (χ1) is 13.8. The number of pyridine rings is 1. The first-order valence-corrected chi connectivity index (χ1v) is 10.0. The van der Waals surface area contributed by atoms with Crippen LogP contribution in [0.1, 0.15) is 54.8 Å².